The average molecular weight is 386 g/mol. The highest BCUT2D eigenvalue weighted by atomic mass is 32.2. The molecule has 1 aromatic carbocycles. The van der Waals surface area contributed by atoms with Crippen molar-refractivity contribution in [3.05, 3.63) is 69.2 Å². The van der Waals surface area contributed by atoms with E-state index in [1.165, 1.54) is 16.7 Å². The van der Waals surface area contributed by atoms with E-state index in [4.69, 9.17) is 5.73 Å². The third-order valence-corrected chi connectivity index (χ3v) is 6.65. The summed E-state index contributed by atoms with van der Waals surface area (Å²) in [6.45, 7) is 0. The smallest absolute Gasteiger partial charge is 0.264 e. The number of pyridine rings is 1. The van der Waals surface area contributed by atoms with E-state index in [0.29, 0.717) is 10.9 Å². The molecule has 3 heterocycles. The monoisotopic (exact) mass is 386 g/mol. The summed E-state index contributed by atoms with van der Waals surface area (Å²) in [5, 5.41) is 3.71. The number of thiophene rings is 1. The maximum Gasteiger partial charge on any atom is 0.264 e. The number of rotatable bonds is 3. The number of primary amides is 1. The zero-order valence-corrected chi connectivity index (χ0v) is 15.1. The van der Waals surface area contributed by atoms with E-state index in [-0.39, 0.29) is 11.3 Å². The number of amides is 1. The third-order valence-electron chi connectivity index (χ3n) is 4.35. The first-order valence-corrected chi connectivity index (χ1v) is 10.4. The summed E-state index contributed by atoms with van der Waals surface area (Å²) < 4.78 is 25.0. The predicted molar refractivity (Wildman–Crippen MR) is 102 cm³/mol. The van der Waals surface area contributed by atoms with Crippen molar-refractivity contribution in [1.82, 2.24) is 4.57 Å². The van der Waals surface area contributed by atoms with Crippen molar-refractivity contribution >= 4 is 38.0 Å². The number of hydrogen-bond acceptors (Lipinski definition) is 5. The molecule has 2 aromatic heterocycles. The van der Waals surface area contributed by atoms with E-state index in [0.717, 1.165) is 15.8 Å². The largest absolute Gasteiger partial charge is 0.365 e. The van der Waals surface area contributed by atoms with Gasteiger partial charge in [-0.25, -0.2) is 8.42 Å². The van der Waals surface area contributed by atoms with Gasteiger partial charge in [0.05, 0.1) is 17.3 Å². The Labute approximate surface area is 153 Å². The number of fused-ring (bicyclic) bond motifs is 1. The second-order valence-corrected chi connectivity index (χ2v) is 8.95. The van der Waals surface area contributed by atoms with Gasteiger partial charge in [0, 0.05) is 10.3 Å². The van der Waals surface area contributed by atoms with E-state index in [1.54, 1.807) is 17.4 Å². The van der Waals surface area contributed by atoms with Crippen LogP contribution in [-0.2, 0) is 9.84 Å². The van der Waals surface area contributed by atoms with E-state index in [9.17, 15) is 18.0 Å². The number of carbonyl (C=O) groups excluding carboxylic acids is 1. The van der Waals surface area contributed by atoms with Gasteiger partial charge in [-0.05, 0) is 40.6 Å². The van der Waals surface area contributed by atoms with Crippen LogP contribution in [0, 0.1) is 0 Å². The Morgan fingerprint density at radius 2 is 2.04 bits per heavy atom. The molecule has 8 heteroatoms. The van der Waals surface area contributed by atoms with Crippen LogP contribution < -0.4 is 11.3 Å². The Bertz CT molecular complexity index is 1220. The Kier molecular flexibility index (Phi) is 3.82. The number of aromatic nitrogens is 1. The summed E-state index contributed by atoms with van der Waals surface area (Å²) in [7, 11) is -3.37. The molecule has 3 aromatic rings. The molecule has 1 amide bonds. The molecule has 1 aliphatic heterocycles. The highest BCUT2D eigenvalue weighted by Gasteiger charge is 2.27. The number of sulfone groups is 1. The van der Waals surface area contributed by atoms with Crippen molar-refractivity contribution in [2.75, 3.05) is 5.75 Å². The SMILES string of the molecule is NC(=O)c1cc2ccc(-c3cccs3)cc2n(C2C=CS(=O)(=O)C2)c1=O. The van der Waals surface area contributed by atoms with Gasteiger partial charge in [-0.15, -0.1) is 11.3 Å². The van der Waals surface area contributed by atoms with Crippen molar-refractivity contribution in [3.8, 4) is 10.4 Å². The van der Waals surface area contributed by atoms with Gasteiger partial charge in [-0.1, -0.05) is 18.2 Å². The molecule has 0 spiro atoms. The van der Waals surface area contributed by atoms with Crippen LogP contribution in [0.25, 0.3) is 21.3 Å². The molecule has 4 rings (SSSR count). The minimum Gasteiger partial charge on any atom is -0.365 e. The minimum absolute atomic E-state index is 0.154. The van der Waals surface area contributed by atoms with Gasteiger partial charge >= 0.3 is 0 Å². The molecular formula is C18H14N2O4S2. The standard InChI is InChI=1S/C18H14N2O4S2/c19-17(21)14-8-11-3-4-12(16-2-1-6-25-16)9-15(11)20(18(14)22)13-5-7-26(23,24)10-13/h1-9,13H,10H2,(H2,19,21). The molecule has 132 valence electrons. The number of benzene rings is 1. The normalized spacial score (nSPS) is 18.4. The zero-order valence-electron chi connectivity index (χ0n) is 13.5. The van der Waals surface area contributed by atoms with Crippen LogP contribution in [0.4, 0.5) is 0 Å². The number of nitrogens with two attached hydrogens (primary N) is 1. The highest BCUT2D eigenvalue weighted by Crippen LogP contribution is 2.30. The predicted octanol–water partition coefficient (Wildman–Crippen LogP) is 2.31. The number of carbonyl (C=O) groups is 1. The molecule has 2 N–H and O–H groups in total. The van der Waals surface area contributed by atoms with Gasteiger partial charge in [-0.3, -0.25) is 14.2 Å². The lowest BCUT2D eigenvalue weighted by molar-refractivity contribution is 0.0998. The quantitative estimate of drug-likeness (QED) is 0.747. The van der Waals surface area contributed by atoms with E-state index in [1.807, 2.05) is 29.6 Å². The molecule has 0 radical (unpaired) electrons. The minimum atomic E-state index is -3.37. The summed E-state index contributed by atoms with van der Waals surface area (Å²) in [6, 6.07) is 10.2. The highest BCUT2D eigenvalue weighted by molar-refractivity contribution is 7.94. The molecule has 0 saturated heterocycles. The lowest BCUT2D eigenvalue weighted by Crippen LogP contribution is -2.32. The van der Waals surface area contributed by atoms with Crippen LogP contribution in [0.2, 0.25) is 0 Å². The van der Waals surface area contributed by atoms with Crippen molar-refractivity contribution in [2.24, 2.45) is 5.73 Å². The van der Waals surface area contributed by atoms with Crippen LogP contribution in [0.1, 0.15) is 16.4 Å². The van der Waals surface area contributed by atoms with E-state index < -0.39 is 27.3 Å². The summed E-state index contributed by atoms with van der Waals surface area (Å²) in [5.41, 5.74) is 6.09. The summed E-state index contributed by atoms with van der Waals surface area (Å²) >= 11 is 1.56. The van der Waals surface area contributed by atoms with E-state index >= 15 is 0 Å². The summed E-state index contributed by atoms with van der Waals surface area (Å²) in [4.78, 5) is 25.6. The van der Waals surface area contributed by atoms with Gasteiger partial charge in [-0.2, -0.15) is 0 Å². The van der Waals surface area contributed by atoms with Gasteiger partial charge in [0.25, 0.3) is 11.5 Å². The molecule has 6 nitrogen and oxygen atoms in total. The zero-order chi connectivity index (χ0) is 18.5. The lowest BCUT2D eigenvalue weighted by Gasteiger charge is -2.17. The van der Waals surface area contributed by atoms with Crippen LogP contribution in [0.15, 0.2) is 58.1 Å². The van der Waals surface area contributed by atoms with Crippen molar-refractivity contribution in [2.45, 2.75) is 6.04 Å². The Balaban J connectivity index is 2.03. The summed E-state index contributed by atoms with van der Waals surface area (Å²) in [6.07, 6.45) is 1.47. The van der Waals surface area contributed by atoms with Crippen molar-refractivity contribution in [3.63, 3.8) is 0 Å². The van der Waals surface area contributed by atoms with Gasteiger partial charge in [0.2, 0.25) is 0 Å². The fraction of sp³-hybridized carbons (Fsp3) is 0.111. The first-order chi connectivity index (χ1) is 12.4. The second kappa shape index (κ2) is 5.93. The molecular weight excluding hydrogens is 372 g/mol. The molecule has 1 atom stereocenters. The van der Waals surface area contributed by atoms with Gasteiger partial charge in [0.15, 0.2) is 9.84 Å². The molecule has 0 bridgehead atoms. The van der Waals surface area contributed by atoms with E-state index in [2.05, 4.69) is 0 Å². The number of hydrogen-bond donors (Lipinski definition) is 1. The Morgan fingerprint density at radius 1 is 1.23 bits per heavy atom. The molecule has 1 unspecified atom stereocenters. The topological polar surface area (TPSA) is 99.2 Å². The van der Waals surface area contributed by atoms with Gasteiger partial charge in [0.1, 0.15) is 5.56 Å². The fourth-order valence-corrected chi connectivity index (χ4v) is 5.14. The van der Waals surface area contributed by atoms with Crippen molar-refractivity contribution < 1.29 is 13.2 Å². The lowest BCUT2D eigenvalue weighted by atomic mass is 10.1. The van der Waals surface area contributed by atoms with Crippen molar-refractivity contribution in [1.29, 1.82) is 0 Å². The van der Waals surface area contributed by atoms with Crippen LogP contribution in [0.5, 0.6) is 0 Å². The summed E-state index contributed by atoms with van der Waals surface area (Å²) in [5.74, 6) is -1.05. The maximum atomic E-state index is 12.9. The maximum absolute atomic E-state index is 12.9. The molecule has 26 heavy (non-hydrogen) atoms. The first kappa shape index (κ1) is 16.7. The van der Waals surface area contributed by atoms with Crippen LogP contribution in [-0.4, -0.2) is 24.6 Å². The number of allylic oxidation sites excluding steroid dienone is 1. The molecule has 1 aliphatic rings. The second-order valence-electron chi connectivity index (χ2n) is 6.07. The average Bonchev–Trinajstić information content (AvgIpc) is 3.23. The Morgan fingerprint density at radius 3 is 2.65 bits per heavy atom. The van der Waals surface area contributed by atoms with Crippen LogP contribution >= 0.6 is 11.3 Å². The molecule has 0 fully saturated rings. The van der Waals surface area contributed by atoms with Gasteiger partial charge < -0.3 is 5.73 Å². The molecule has 0 aliphatic carbocycles. The third kappa shape index (κ3) is 2.77. The number of nitrogens with zero attached hydrogens (tertiary/aromatic N) is 1. The Hall–Kier alpha value is -2.71. The molecule has 0 saturated carbocycles. The fourth-order valence-electron chi connectivity index (χ4n) is 3.15. The van der Waals surface area contributed by atoms with Crippen LogP contribution in [0.3, 0.4) is 0 Å². The first-order valence-electron chi connectivity index (χ1n) is 7.80.